The molecule has 32 heavy (non-hydrogen) atoms. The lowest BCUT2D eigenvalue weighted by Crippen LogP contribution is -2.32. The quantitative estimate of drug-likeness (QED) is 0.745. The topological polar surface area (TPSA) is 63.2 Å². The minimum Gasteiger partial charge on any atom is -0.381 e. The van der Waals surface area contributed by atoms with E-state index in [0.717, 1.165) is 64.6 Å². The van der Waals surface area contributed by atoms with Gasteiger partial charge in [0.05, 0.1) is 5.69 Å². The minimum absolute atomic E-state index is 0.00475. The van der Waals surface area contributed by atoms with Crippen molar-refractivity contribution in [3.8, 4) is 11.3 Å². The van der Waals surface area contributed by atoms with Crippen molar-refractivity contribution >= 4 is 5.82 Å². The van der Waals surface area contributed by atoms with Gasteiger partial charge in [0.1, 0.15) is 5.56 Å². The number of likely N-dealkylation sites (tertiary alicyclic amines) is 1. The molecule has 172 valence electrons. The molecule has 2 aliphatic heterocycles. The predicted octanol–water partition coefficient (Wildman–Crippen LogP) is 4.11. The molecule has 0 aromatic carbocycles. The molecule has 5 rings (SSSR count). The van der Waals surface area contributed by atoms with Crippen LogP contribution in [0.1, 0.15) is 31.2 Å². The molecule has 1 aliphatic carbocycles. The highest BCUT2D eigenvalue weighted by molar-refractivity contribution is 5.61. The first-order valence-corrected chi connectivity index (χ1v) is 11.4. The van der Waals surface area contributed by atoms with Gasteiger partial charge in [-0.1, -0.05) is 0 Å². The first kappa shape index (κ1) is 21.6. The van der Waals surface area contributed by atoms with Gasteiger partial charge in [-0.3, -0.25) is 4.98 Å². The highest BCUT2D eigenvalue weighted by Crippen LogP contribution is 2.41. The van der Waals surface area contributed by atoms with Crippen molar-refractivity contribution in [1.29, 1.82) is 0 Å². The molecule has 2 aromatic rings. The highest BCUT2D eigenvalue weighted by Gasteiger charge is 2.42. The number of hydrogen-bond acceptors (Lipinski definition) is 6. The van der Waals surface area contributed by atoms with Crippen molar-refractivity contribution in [1.82, 2.24) is 20.1 Å². The Hall–Kier alpha value is -2.26. The zero-order valence-corrected chi connectivity index (χ0v) is 17.9. The average molecular weight is 448 g/mol. The van der Waals surface area contributed by atoms with Crippen molar-refractivity contribution in [2.45, 2.75) is 37.9 Å². The molecule has 2 unspecified atom stereocenters. The molecule has 2 saturated heterocycles. The van der Waals surface area contributed by atoms with E-state index in [2.05, 4.69) is 25.4 Å². The predicted molar refractivity (Wildman–Crippen MR) is 114 cm³/mol. The number of nitrogens with one attached hydrogen (secondary N) is 1. The van der Waals surface area contributed by atoms with E-state index in [0.29, 0.717) is 23.3 Å². The third-order valence-electron chi connectivity index (χ3n) is 7.08. The van der Waals surface area contributed by atoms with E-state index in [4.69, 9.17) is 4.74 Å². The normalized spacial score (nSPS) is 26.9. The van der Waals surface area contributed by atoms with Gasteiger partial charge in [0.15, 0.2) is 5.82 Å². The average Bonchev–Trinajstić information content (AvgIpc) is 3.32. The van der Waals surface area contributed by atoms with Crippen LogP contribution in [0.5, 0.6) is 0 Å². The molecule has 9 heteroatoms. The number of rotatable bonds is 5. The van der Waals surface area contributed by atoms with Gasteiger partial charge in [0.2, 0.25) is 0 Å². The maximum atomic E-state index is 13.8. The van der Waals surface area contributed by atoms with Crippen LogP contribution < -0.4 is 5.32 Å². The Kier molecular flexibility index (Phi) is 6.03. The van der Waals surface area contributed by atoms with Crippen LogP contribution in [0, 0.1) is 17.8 Å². The van der Waals surface area contributed by atoms with E-state index >= 15 is 0 Å². The van der Waals surface area contributed by atoms with Crippen molar-refractivity contribution < 1.29 is 17.9 Å². The van der Waals surface area contributed by atoms with Gasteiger partial charge < -0.3 is 15.0 Å². The number of alkyl halides is 3. The van der Waals surface area contributed by atoms with E-state index in [1.165, 1.54) is 6.20 Å². The molecule has 3 fully saturated rings. The van der Waals surface area contributed by atoms with Gasteiger partial charge in [0.25, 0.3) is 0 Å². The lowest BCUT2D eigenvalue weighted by atomic mass is 10.00. The van der Waals surface area contributed by atoms with Crippen LogP contribution in [0.2, 0.25) is 0 Å². The lowest BCUT2D eigenvalue weighted by Gasteiger charge is -2.28. The monoisotopic (exact) mass is 447 g/mol. The smallest absolute Gasteiger partial charge is 0.381 e. The summed E-state index contributed by atoms with van der Waals surface area (Å²) in [7, 11) is 0. The third-order valence-corrected chi connectivity index (χ3v) is 7.08. The molecule has 6 nitrogen and oxygen atoms in total. The van der Waals surface area contributed by atoms with Crippen LogP contribution in [0.25, 0.3) is 11.3 Å². The number of ether oxygens (including phenoxy) is 1. The molecule has 2 atom stereocenters. The van der Waals surface area contributed by atoms with Crippen LogP contribution in [0.15, 0.2) is 30.6 Å². The van der Waals surface area contributed by atoms with E-state index in [-0.39, 0.29) is 17.6 Å². The fraction of sp³-hybridized carbons (Fsp3) is 0.609. The largest absolute Gasteiger partial charge is 0.420 e. The molecule has 1 N–H and O–H groups in total. The van der Waals surface area contributed by atoms with Gasteiger partial charge in [-0.15, -0.1) is 10.2 Å². The molecule has 2 aromatic heterocycles. The zero-order chi connectivity index (χ0) is 22.1. The first-order chi connectivity index (χ1) is 15.5. The molecule has 0 radical (unpaired) electrons. The maximum Gasteiger partial charge on any atom is 0.420 e. The molecule has 0 bridgehead atoms. The molecule has 4 heterocycles. The minimum atomic E-state index is -4.51. The number of halogens is 3. The Balaban J connectivity index is 1.23. The summed E-state index contributed by atoms with van der Waals surface area (Å²) in [6, 6.07) is 4.40. The van der Waals surface area contributed by atoms with Gasteiger partial charge in [-0.05, 0) is 61.6 Å². The van der Waals surface area contributed by atoms with Gasteiger partial charge in [-0.25, -0.2) is 0 Å². The molecular formula is C23H28F3N5O. The zero-order valence-electron chi connectivity index (χ0n) is 17.9. The summed E-state index contributed by atoms with van der Waals surface area (Å²) in [6.07, 6.45) is 2.55. The summed E-state index contributed by atoms with van der Waals surface area (Å²) in [4.78, 5) is 6.51. The van der Waals surface area contributed by atoms with E-state index in [1.54, 1.807) is 18.3 Å². The second kappa shape index (κ2) is 8.94. The van der Waals surface area contributed by atoms with Crippen LogP contribution >= 0.6 is 0 Å². The SMILES string of the molecule is FC(F)(F)c1cc(-c2cccnc2)nnc1NC1CC2CN(CC3CCOCC3)CC2C1. The molecule has 1 saturated carbocycles. The number of aromatic nitrogens is 3. The second-order valence-corrected chi connectivity index (χ2v) is 9.34. The van der Waals surface area contributed by atoms with Gasteiger partial charge >= 0.3 is 6.18 Å². The van der Waals surface area contributed by atoms with E-state index in [9.17, 15) is 13.2 Å². The molecule has 3 aliphatic rings. The first-order valence-electron chi connectivity index (χ1n) is 11.4. The Morgan fingerprint density at radius 2 is 1.84 bits per heavy atom. The summed E-state index contributed by atoms with van der Waals surface area (Å²) in [5.41, 5.74) is -0.0929. The summed E-state index contributed by atoms with van der Waals surface area (Å²) >= 11 is 0. The number of anilines is 1. The van der Waals surface area contributed by atoms with Crippen LogP contribution in [0.3, 0.4) is 0 Å². The summed E-state index contributed by atoms with van der Waals surface area (Å²) < 4.78 is 46.8. The Labute approximate surface area is 185 Å². The maximum absolute atomic E-state index is 13.8. The van der Waals surface area contributed by atoms with Crippen LogP contribution in [-0.4, -0.2) is 59.0 Å². The summed E-state index contributed by atoms with van der Waals surface area (Å²) in [6.45, 7) is 4.92. The number of fused-ring (bicyclic) bond motifs is 1. The Morgan fingerprint density at radius 1 is 1.09 bits per heavy atom. The molecule has 0 spiro atoms. The highest BCUT2D eigenvalue weighted by atomic mass is 19.4. The van der Waals surface area contributed by atoms with E-state index < -0.39 is 11.7 Å². The second-order valence-electron chi connectivity index (χ2n) is 9.34. The van der Waals surface area contributed by atoms with Crippen LogP contribution in [-0.2, 0) is 10.9 Å². The fourth-order valence-electron chi connectivity index (χ4n) is 5.52. The Bertz CT molecular complexity index is 906. The lowest BCUT2D eigenvalue weighted by molar-refractivity contribution is -0.137. The summed E-state index contributed by atoms with van der Waals surface area (Å²) in [5, 5.41) is 11.1. The molecule has 0 amide bonds. The van der Waals surface area contributed by atoms with Gasteiger partial charge in [-0.2, -0.15) is 13.2 Å². The molecular weight excluding hydrogens is 419 g/mol. The fourth-order valence-corrected chi connectivity index (χ4v) is 5.52. The van der Waals surface area contributed by atoms with E-state index in [1.807, 2.05) is 0 Å². The van der Waals surface area contributed by atoms with Crippen molar-refractivity contribution in [3.05, 3.63) is 36.2 Å². The van der Waals surface area contributed by atoms with Gasteiger partial charge in [0, 0.05) is 56.8 Å². The number of hydrogen-bond donors (Lipinski definition) is 1. The summed E-state index contributed by atoms with van der Waals surface area (Å²) in [5.74, 6) is 1.60. The van der Waals surface area contributed by atoms with Crippen molar-refractivity contribution in [2.24, 2.45) is 17.8 Å². The number of pyridine rings is 1. The standard InChI is InChI=1S/C23H28F3N5O/c24-23(25,26)20-10-21(16-2-1-5-27-11-16)29-30-22(20)28-19-8-17-13-31(14-18(17)9-19)12-15-3-6-32-7-4-15/h1-2,5,10-11,15,17-19H,3-4,6-9,12-14H2,(H,28,30). The number of nitrogens with zero attached hydrogens (tertiary/aromatic N) is 4. The Morgan fingerprint density at radius 3 is 2.50 bits per heavy atom. The van der Waals surface area contributed by atoms with Crippen molar-refractivity contribution in [3.63, 3.8) is 0 Å². The van der Waals surface area contributed by atoms with Crippen molar-refractivity contribution in [2.75, 3.05) is 38.2 Å². The van der Waals surface area contributed by atoms with Crippen LogP contribution in [0.4, 0.5) is 19.0 Å². The third kappa shape index (κ3) is 4.73.